The van der Waals surface area contributed by atoms with Crippen molar-refractivity contribution in [3.8, 4) is 0 Å². The summed E-state index contributed by atoms with van der Waals surface area (Å²) in [7, 11) is 0. The van der Waals surface area contributed by atoms with E-state index in [2.05, 4.69) is 31.4 Å². The van der Waals surface area contributed by atoms with Crippen LogP contribution < -0.4 is 5.32 Å². The molecule has 0 saturated carbocycles. The standard InChI is InChI=1S/C14H18BrN5O3/c1-8-12(15)9(2)20(17-8)7-5-16-13(21)11-4-6-19(18-11)10(3)14(22)23/h4,6,10H,5,7H2,1-3H3,(H,16,21)(H,22,23). The minimum atomic E-state index is -1.00. The van der Waals surface area contributed by atoms with Gasteiger partial charge in [-0.2, -0.15) is 10.2 Å². The van der Waals surface area contributed by atoms with Gasteiger partial charge in [-0.3, -0.25) is 14.2 Å². The highest BCUT2D eigenvalue weighted by atomic mass is 79.9. The van der Waals surface area contributed by atoms with Gasteiger partial charge in [0.05, 0.1) is 16.7 Å². The predicted molar refractivity (Wildman–Crippen MR) is 86.3 cm³/mol. The van der Waals surface area contributed by atoms with Crippen LogP contribution in [-0.4, -0.2) is 43.1 Å². The average molecular weight is 384 g/mol. The maximum absolute atomic E-state index is 12.0. The van der Waals surface area contributed by atoms with Crippen LogP contribution >= 0.6 is 15.9 Å². The summed E-state index contributed by atoms with van der Waals surface area (Å²) in [5.74, 6) is -1.35. The average Bonchev–Trinajstić information content (AvgIpc) is 3.08. The van der Waals surface area contributed by atoms with E-state index in [0.717, 1.165) is 15.9 Å². The van der Waals surface area contributed by atoms with Gasteiger partial charge in [0.1, 0.15) is 11.7 Å². The third-order valence-corrected chi connectivity index (χ3v) is 4.65. The van der Waals surface area contributed by atoms with Gasteiger partial charge in [-0.25, -0.2) is 4.79 Å². The fourth-order valence-corrected chi connectivity index (χ4v) is 2.33. The van der Waals surface area contributed by atoms with E-state index < -0.39 is 12.0 Å². The Hall–Kier alpha value is -2.16. The van der Waals surface area contributed by atoms with E-state index in [1.807, 2.05) is 18.5 Å². The first-order chi connectivity index (χ1) is 10.8. The summed E-state index contributed by atoms with van der Waals surface area (Å²) in [5, 5.41) is 20.0. The van der Waals surface area contributed by atoms with Gasteiger partial charge in [-0.15, -0.1) is 0 Å². The summed E-state index contributed by atoms with van der Waals surface area (Å²) in [6.45, 7) is 6.28. The third kappa shape index (κ3) is 3.79. The summed E-state index contributed by atoms with van der Waals surface area (Å²) >= 11 is 3.45. The van der Waals surface area contributed by atoms with Gasteiger partial charge in [-0.1, -0.05) is 0 Å². The van der Waals surface area contributed by atoms with Crippen LogP contribution in [0.1, 0.15) is 34.8 Å². The maximum atomic E-state index is 12.0. The number of halogens is 1. The first-order valence-corrected chi connectivity index (χ1v) is 7.86. The van der Waals surface area contributed by atoms with Crippen LogP contribution in [0.4, 0.5) is 0 Å². The molecule has 0 fully saturated rings. The number of carboxylic acids is 1. The number of carbonyl (C=O) groups is 2. The smallest absolute Gasteiger partial charge is 0.328 e. The highest BCUT2D eigenvalue weighted by Crippen LogP contribution is 2.19. The van der Waals surface area contributed by atoms with Crippen molar-refractivity contribution in [2.45, 2.75) is 33.4 Å². The van der Waals surface area contributed by atoms with Crippen LogP contribution in [0.25, 0.3) is 0 Å². The number of aryl methyl sites for hydroxylation is 1. The Labute approximate surface area is 141 Å². The molecule has 0 aliphatic rings. The quantitative estimate of drug-likeness (QED) is 0.787. The normalized spacial score (nSPS) is 12.2. The molecule has 2 N–H and O–H groups in total. The molecule has 0 bridgehead atoms. The van der Waals surface area contributed by atoms with Crippen LogP contribution in [0.2, 0.25) is 0 Å². The highest BCUT2D eigenvalue weighted by molar-refractivity contribution is 9.10. The fourth-order valence-electron chi connectivity index (χ4n) is 2.05. The van der Waals surface area contributed by atoms with Gasteiger partial charge >= 0.3 is 5.97 Å². The number of nitrogens with zero attached hydrogens (tertiary/aromatic N) is 4. The van der Waals surface area contributed by atoms with Crippen molar-refractivity contribution in [2.24, 2.45) is 0 Å². The molecule has 0 aliphatic carbocycles. The molecule has 0 radical (unpaired) electrons. The van der Waals surface area contributed by atoms with E-state index in [1.165, 1.54) is 23.9 Å². The van der Waals surface area contributed by atoms with Crippen LogP contribution in [0.15, 0.2) is 16.7 Å². The minimum absolute atomic E-state index is 0.188. The first-order valence-electron chi connectivity index (χ1n) is 7.07. The molecular formula is C14H18BrN5O3. The summed E-state index contributed by atoms with van der Waals surface area (Å²) < 4.78 is 4.02. The minimum Gasteiger partial charge on any atom is -0.480 e. The second kappa shape index (κ2) is 6.95. The number of aliphatic carboxylic acids is 1. The highest BCUT2D eigenvalue weighted by Gasteiger charge is 2.17. The van der Waals surface area contributed by atoms with Gasteiger partial charge in [0, 0.05) is 18.4 Å². The number of hydrogen-bond donors (Lipinski definition) is 2. The third-order valence-electron chi connectivity index (χ3n) is 3.50. The molecule has 0 spiro atoms. The Balaban J connectivity index is 1.92. The van der Waals surface area contributed by atoms with E-state index in [9.17, 15) is 9.59 Å². The first kappa shape index (κ1) is 17.2. The fraction of sp³-hybridized carbons (Fsp3) is 0.429. The van der Waals surface area contributed by atoms with Crippen LogP contribution in [0.5, 0.6) is 0 Å². The zero-order valence-corrected chi connectivity index (χ0v) is 14.7. The topological polar surface area (TPSA) is 102 Å². The van der Waals surface area contributed by atoms with Crippen molar-refractivity contribution in [1.82, 2.24) is 24.9 Å². The molecule has 0 aliphatic heterocycles. The lowest BCUT2D eigenvalue weighted by Crippen LogP contribution is -2.28. The lowest BCUT2D eigenvalue weighted by molar-refractivity contribution is -0.140. The number of carbonyl (C=O) groups excluding carboxylic acids is 1. The number of nitrogens with one attached hydrogen (secondary N) is 1. The van der Waals surface area contributed by atoms with Crippen molar-refractivity contribution >= 4 is 27.8 Å². The predicted octanol–water partition coefficient (Wildman–Crippen LogP) is 1.53. The van der Waals surface area contributed by atoms with Crippen molar-refractivity contribution in [2.75, 3.05) is 6.54 Å². The maximum Gasteiger partial charge on any atom is 0.328 e. The molecule has 1 atom stereocenters. The Bertz CT molecular complexity index is 737. The zero-order valence-electron chi connectivity index (χ0n) is 13.1. The lowest BCUT2D eigenvalue weighted by atomic mass is 10.3. The summed E-state index contributed by atoms with van der Waals surface area (Å²) in [4.78, 5) is 22.9. The Morgan fingerprint density at radius 2 is 2.09 bits per heavy atom. The van der Waals surface area contributed by atoms with Crippen molar-refractivity contribution in [3.05, 3.63) is 33.8 Å². The van der Waals surface area contributed by atoms with Gasteiger partial charge < -0.3 is 10.4 Å². The monoisotopic (exact) mass is 383 g/mol. The van der Waals surface area contributed by atoms with E-state index in [1.54, 1.807) is 0 Å². The van der Waals surface area contributed by atoms with Gasteiger partial charge in [0.2, 0.25) is 0 Å². The molecule has 1 unspecified atom stereocenters. The number of amides is 1. The van der Waals surface area contributed by atoms with Gasteiger partial charge in [-0.05, 0) is 42.8 Å². The van der Waals surface area contributed by atoms with E-state index in [4.69, 9.17) is 5.11 Å². The molecule has 2 rings (SSSR count). The van der Waals surface area contributed by atoms with Crippen LogP contribution in [0, 0.1) is 13.8 Å². The molecule has 1 amide bonds. The number of rotatable bonds is 6. The molecule has 9 heteroatoms. The largest absolute Gasteiger partial charge is 0.480 e. The molecule has 2 aromatic heterocycles. The Morgan fingerprint density at radius 3 is 2.65 bits per heavy atom. The van der Waals surface area contributed by atoms with Crippen molar-refractivity contribution < 1.29 is 14.7 Å². The molecule has 2 aromatic rings. The summed E-state index contributed by atoms with van der Waals surface area (Å²) in [6, 6.07) is 0.679. The second-order valence-electron chi connectivity index (χ2n) is 5.16. The number of hydrogen-bond acceptors (Lipinski definition) is 4. The van der Waals surface area contributed by atoms with E-state index >= 15 is 0 Å². The molecule has 23 heavy (non-hydrogen) atoms. The zero-order chi connectivity index (χ0) is 17.1. The molecular weight excluding hydrogens is 366 g/mol. The van der Waals surface area contributed by atoms with Crippen molar-refractivity contribution in [3.63, 3.8) is 0 Å². The van der Waals surface area contributed by atoms with Crippen LogP contribution in [-0.2, 0) is 11.3 Å². The molecule has 8 nitrogen and oxygen atoms in total. The van der Waals surface area contributed by atoms with E-state index in [-0.39, 0.29) is 11.6 Å². The van der Waals surface area contributed by atoms with Crippen LogP contribution in [0.3, 0.4) is 0 Å². The number of aromatic nitrogens is 4. The van der Waals surface area contributed by atoms with Crippen molar-refractivity contribution in [1.29, 1.82) is 0 Å². The lowest BCUT2D eigenvalue weighted by Gasteiger charge is -2.07. The molecule has 124 valence electrons. The number of carboxylic acid groups (broad SMARTS) is 1. The molecule has 0 saturated heterocycles. The summed E-state index contributed by atoms with van der Waals surface area (Å²) in [5.41, 5.74) is 2.08. The van der Waals surface area contributed by atoms with Gasteiger partial charge in [0.15, 0.2) is 0 Å². The molecule has 0 aromatic carbocycles. The molecule has 2 heterocycles. The summed E-state index contributed by atoms with van der Waals surface area (Å²) in [6.07, 6.45) is 1.48. The Kier molecular flexibility index (Phi) is 5.19. The van der Waals surface area contributed by atoms with E-state index in [0.29, 0.717) is 13.1 Å². The second-order valence-corrected chi connectivity index (χ2v) is 5.95. The Morgan fingerprint density at radius 1 is 1.39 bits per heavy atom. The van der Waals surface area contributed by atoms with Gasteiger partial charge in [0.25, 0.3) is 5.91 Å². The SMILES string of the molecule is Cc1nn(CCNC(=O)c2ccn(C(C)C(=O)O)n2)c(C)c1Br.